The Morgan fingerprint density at radius 1 is 0.841 bits per heavy atom. The largest absolute Gasteiger partial charge is 0.507 e. The van der Waals surface area contributed by atoms with Crippen molar-refractivity contribution >= 4 is 40.5 Å². The maximum atomic E-state index is 14.4. The Morgan fingerprint density at radius 2 is 1.56 bits per heavy atom. The molecule has 3 aromatic heterocycles. The molecule has 82 heavy (non-hydrogen) atoms. The average Bonchev–Trinajstić information content (AvgIpc) is 4.25. The lowest BCUT2D eigenvalue weighted by Crippen LogP contribution is -2.70. The second-order valence-electron chi connectivity index (χ2n) is 25.3. The number of anilines is 3. The number of aliphatic hydroxyl groups excluding tert-OH is 1. The normalized spacial score (nSPS) is 25.1. The van der Waals surface area contributed by atoms with E-state index >= 15 is 0 Å². The van der Waals surface area contributed by atoms with E-state index in [2.05, 4.69) is 50.2 Å². The fourth-order valence-electron chi connectivity index (χ4n) is 14.3. The summed E-state index contributed by atoms with van der Waals surface area (Å²) in [7, 11) is 0. The second-order valence-corrected chi connectivity index (χ2v) is 26.1. The van der Waals surface area contributed by atoms with Crippen LogP contribution in [0.1, 0.15) is 108 Å². The number of para-hydroxylation sites is 1. The van der Waals surface area contributed by atoms with E-state index in [1.807, 2.05) is 81.7 Å². The lowest BCUT2D eigenvalue weighted by molar-refractivity contribution is -0.153. The summed E-state index contributed by atoms with van der Waals surface area (Å²) in [5, 5.41) is 37.4. The van der Waals surface area contributed by atoms with E-state index in [9.17, 15) is 19.8 Å². The number of hydrogen-bond acceptors (Lipinski definition) is 18. The van der Waals surface area contributed by atoms with Gasteiger partial charge >= 0.3 is 0 Å². The number of phenols is 1. The number of rotatable bonds is 17. The quantitative estimate of drug-likeness (QED) is 0.0740. The van der Waals surface area contributed by atoms with Crippen molar-refractivity contribution in [2.24, 2.45) is 17.8 Å². The fraction of sp³-hybridized carbons (Fsp3) is 0.613. The number of nitrogens with two attached hydrogens (primary N) is 1. The lowest BCUT2D eigenvalue weighted by atomic mass is 9.84. The van der Waals surface area contributed by atoms with E-state index in [1.54, 1.807) is 28.4 Å². The van der Waals surface area contributed by atoms with Crippen LogP contribution in [0.25, 0.3) is 21.7 Å². The summed E-state index contributed by atoms with van der Waals surface area (Å²) in [6, 6.07) is 18.8. The first-order valence-electron chi connectivity index (χ1n) is 30.4. The van der Waals surface area contributed by atoms with Crippen LogP contribution in [0.2, 0.25) is 0 Å². The number of hydrogen-bond donors (Lipinski definition) is 4. The number of nitrogen functional groups attached to an aromatic ring is 1. The third kappa shape index (κ3) is 12.4. The summed E-state index contributed by atoms with van der Waals surface area (Å²) >= 11 is 1.60. The summed E-state index contributed by atoms with van der Waals surface area (Å²) in [4.78, 5) is 47.8. The zero-order valence-electron chi connectivity index (χ0n) is 48.3. The highest BCUT2D eigenvalue weighted by atomic mass is 32.1. The van der Waals surface area contributed by atoms with Crippen LogP contribution in [0.15, 0.2) is 70.7 Å². The maximum Gasteiger partial charge on any atom is 0.243 e. The van der Waals surface area contributed by atoms with Crippen LogP contribution in [0, 0.1) is 24.7 Å². The summed E-state index contributed by atoms with van der Waals surface area (Å²) in [5.41, 5.74) is 13.1. The Balaban J connectivity index is 0.532. The minimum atomic E-state index is -0.795. The van der Waals surface area contributed by atoms with E-state index in [1.165, 1.54) is 25.9 Å². The summed E-state index contributed by atoms with van der Waals surface area (Å²) in [6.07, 6.45) is 9.28. The Hall–Kier alpha value is -5.74. The van der Waals surface area contributed by atoms with E-state index in [0.29, 0.717) is 59.5 Å². The van der Waals surface area contributed by atoms with Gasteiger partial charge in [0.15, 0.2) is 17.4 Å². The number of β-amino-alcohol motifs (C(OH)–C–C–N with tert-alkyl or cyclic N) is 1. The minimum absolute atomic E-state index is 0.0932. The lowest BCUT2D eigenvalue weighted by Gasteiger charge is -2.55. The summed E-state index contributed by atoms with van der Waals surface area (Å²) in [6.45, 7) is 20.5. The van der Waals surface area contributed by atoms with Crippen molar-refractivity contribution in [3.8, 4) is 27.4 Å². The number of carbonyl (C=O) groups excluding carboxylic acids is 2. The zero-order valence-corrected chi connectivity index (χ0v) is 49.1. The highest BCUT2D eigenvalue weighted by molar-refractivity contribution is 7.13. The first-order chi connectivity index (χ1) is 39.7. The highest BCUT2D eigenvalue weighted by Crippen LogP contribution is 2.40. The Labute approximate surface area is 486 Å². The van der Waals surface area contributed by atoms with Gasteiger partial charge in [-0.2, -0.15) is 0 Å². The number of morpholine rings is 1. The van der Waals surface area contributed by atoms with Gasteiger partial charge in [0.25, 0.3) is 0 Å². The Bertz CT molecular complexity index is 2980. The van der Waals surface area contributed by atoms with Gasteiger partial charge in [-0.3, -0.25) is 14.5 Å². The molecule has 12 rings (SSSR count). The molecule has 20 heteroatoms. The molecular weight excluding hydrogens is 1060 g/mol. The molecule has 6 aliphatic heterocycles. The van der Waals surface area contributed by atoms with Crippen LogP contribution >= 0.6 is 11.3 Å². The van der Waals surface area contributed by atoms with E-state index < -0.39 is 18.1 Å². The molecule has 0 radical (unpaired) electrons. The molecule has 5 N–H and O–H groups in total. The van der Waals surface area contributed by atoms with Crippen molar-refractivity contribution in [1.82, 2.24) is 45.3 Å². The number of aromatic hydroxyl groups is 1. The van der Waals surface area contributed by atoms with Crippen molar-refractivity contribution in [2.45, 2.75) is 133 Å². The number of nitrogens with one attached hydrogen (secondary N) is 1. The third-order valence-corrected chi connectivity index (χ3v) is 20.1. The Morgan fingerprint density at radius 3 is 2.27 bits per heavy atom. The van der Waals surface area contributed by atoms with Gasteiger partial charge in [-0.1, -0.05) is 55.4 Å². The van der Waals surface area contributed by atoms with Gasteiger partial charge < -0.3 is 59.8 Å². The molecule has 1 aliphatic carbocycles. The average molecular weight is 1140 g/mol. The number of phenolic OH excluding ortho intramolecular Hbond substituents is 1. The molecule has 1 unspecified atom stereocenters. The van der Waals surface area contributed by atoms with Crippen LogP contribution in [0.5, 0.6) is 5.75 Å². The maximum absolute atomic E-state index is 14.4. The number of benzene rings is 2. The number of amides is 2. The van der Waals surface area contributed by atoms with Gasteiger partial charge in [-0.25, -0.2) is 4.98 Å². The molecule has 6 saturated heterocycles. The SMILES string of the molecule is Cc1ncsc1-c1ccc([C@H](C)NC(=O)C2C[C@@H](O)CN2C(=O)[C@@H](c2cc(N3CCC(CN4CCC(O[C@H]5C[C@H](N6CCC(CN7CC8(C7)CN(c7cc(-c9ccccc9O)nnc7N)CCO8)CC6)C5)CC4)CC3)no2)C(C)C)cc1. The van der Waals surface area contributed by atoms with Gasteiger partial charge in [0.2, 0.25) is 11.8 Å². The molecular formula is C62H84N12O7S. The molecule has 5 aromatic rings. The Kier molecular flexibility index (Phi) is 16.9. The van der Waals surface area contributed by atoms with Crippen LogP contribution < -0.4 is 20.9 Å². The van der Waals surface area contributed by atoms with Crippen molar-refractivity contribution in [3.05, 3.63) is 83.2 Å². The number of nitrogens with zero attached hydrogens (tertiary/aromatic N) is 10. The number of thiazole rings is 1. The van der Waals surface area contributed by atoms with Gasteiger partial charge in [-0.05, 0) is 125 Å². The number of aliphatic hydroxyl groups is 1. The molecule has 1 spiro atoms. The molecule has 1 saturated carbocycles. The molecule has 7 aliphatic rings. The van der Waals surface area contributed by atoms with Gasteiger partial charge in [0.1, 0.15) is 23.3 Å². The number of aryl methyl sites for hydroxylation is 1. The predicted octanol–water partition coefficient (Wildman–Crippen LogP) is 6.96. The molecule has 19 nitrogen and oxygen atoms in total. The second kappa shape index (κ2) is 24.5. The van der Waals surface area contributed by atoms with Crippen molar-refractivity contribution in [2.75, 3.05) is 107 Å². The molecule has 0 bridgehead atoms. The highest BCUT2D eigenvalue weighted by Gasteiger charge is 2.49. The van der Waals surface area contributed by atoms with E-state index in [0.717, 1.165) is 137 Å². The summed E-state index contributed by atoms with van der Waals surface area (Å²) in [5.74, 6) is 1.89. The topological polar surface area (TPSA) is 215 Å². The van der Waals surface area contributed by atoms with Crippen molar-refractivity contribution in [1.29, 1.82) is 0 Å². The van der Waals surface area contributed by atoms with E-state index in [-0.39, 0.29) is 48.1 Å². The minimum Gasteiger partial charge on any atom is -0.507 e. The number of piperidine rings is 3. The molecule has 2 amide bonds. The van der Waals surface area contributed by atoms with Gasteiger partial charge in [0, 0.05) is 96.1 Å². The standard InChI is InChI=1S/C62H84N12O7S/c1-39(2)57(61(78)74-34-47(75)29-53(74)60(77)65-40(3)44-9-11-45(12-10-44)58-41(4)64-38-82-58)55-31-56(68-81-55)72-23-15-42(16-24-72)32-69-19-17-48(18-20-69)80-49-27-46(28-49)71-21-13-43(14-22-71)33-70-35-62(36-70)37-73(25-26-79-62)52-30-51(66-67-59(52)63)50-7-5-6-8-54(50)76/h5-12,30-31,38-40,42-43,46-49,53,57,75-76H,13-29,32-37H2,1-4H3,(H2,63,67)(H,65,77)/t40-,46-,47+,49-,53?,57+/m0/s1. The van der Waals surface area contributed by atoms with E-state index in [4.69, 9.17) is 19.7 Å². The van der Waals surface area contributed by atoms with Crippen LogP contribution in [0.4, 0.5) is 17.3 Å². The summed E-state index contributed by atoms with van der Waals surface area (Å²) < 4.78 is 19.1. The van der Waals surface area contributed by atoms with Gasteiger partial charge in [0.05, 0.1) is 58.4 Å². The smallest absolute Gasteiger partial charge is 0.243 e. The number of carbonyl (C=O) groups is 2. The number of aromatic nitrogens is 4. The first-order valence-corrected chi connectivity index (χ1v) is 31.2. The third-order valence-electron chi connectivity index (χ3n) is 19.1. The van der Waals surface area contributed by atoms with Gasteiger partial charge in [-0.15, -0.1) is 21.5 Å². The first kappa shape index (κ1) is 56.7. The van der Waals surface area contributed by atoms with Crippen LogP contribution in [-0.2, 0) is 19.1 Å². The fourth-order valence-corrected chi connectivity index (χ4v) is 15.1. The van der Waals surface area contributed by atoms with Crippen molar-refractivity contribution < 1.29 is 33.8 Å². The number of ether oxygens (including phenoxy) is 2. The molecule has 2 aromatic carbocycles. The molecule has 7 fully saturated rings. The van der Waals surface area contributed by atoms with Crippen molar-refractivity contribution in [3.63, 3.8) is 0 Å². The molecule has 4 atom stereocenters. The molecule has 9 heterocycles. The molecule has 440 valence electrons. The monoisotopic (exact) mass is 1140 g/mol. The van der Waals surface area contributed by atoms with Crippen LogP contribution in [0.3, 0.4) is 0 Å². The zero-order chi connectivity index (χ0) is 56.6. The number of likely N-dealkylation sites (tertiary alicyclic amines) is 4. The van der Waals surface area contributed by atoms with Crippen LogP contribution in [-0.4, -0.2) is 190 Å². The predicted molar refractivity (Wildman–Crippen MR) is 317 cm³/mol.